The minimum Gasteiger partial charge on any atom is -0.393 e. The minimum absolute atomic E-state index is 0.0951. The fourth-order valence-corrected chi connectivity index (χ4v) is 7.02. The summed E-state index contributed by atoms with van der Waals surface area (Å²) in [7, 11) is 0. The molecule has 3 fully saturated rings. The summed E-state index contributed by atoms with van der Waals surface area (Å²) in [6.07, 6.45) is 11.6. The molecule has 0 aromatic rings. The Morgan fingerprint density at radius 1 is 1.17 bits per heavy atom. The van der Waals surface area contributed by atoms with Gasteiger partial charge in [0.05, 0.1) is 12.2 Å². The standard InChI is InChI=1S/C21H32O2/c1-4-13-6-8-17-16-7-5-14-11-15(22)12-19(23)21(14,3)18(16)9-10-20(13,17)2/h4-5,15-19,22-23H,6-12H2,1-3H3/t15-,16+,17+,18+,19?,20-,21+/m1/s1. The topological polar surface area (TPSA) is 40.5 Å². The first-order valence-corrected chi connectivity index (χ1v) is 9.62. The van der Waals surface area contributed by atoms with Crippen LogP contribution in [0.4, 0.5) is 0 Å². The second-order valence-electron chi connectivity index (χ2n) is 9.04. The van der Waals surface area contributed by atoms with Crippen molar-refractivity contribution in [3.8, 4) is 0 Å². The zero-order chi connectivity index (χ0) is 16.4. The van der Waals surface area contributed by atoms with Gasteiger partial charge in [0.15, 0.2) is 0 Å². The van der Waals surface area contributed by atoms with E-state index in [0.29, 0.717) is 23.7 Å². The van der Waals surface area contributed by atoms with E-state index in [1.807, 2.05) is 0 Å². The normalized spacial score (nSPS) is 54.2. The number of aliphatic hydroxyl groups is 2. The van der Waals surface area contributed by atoms with Gasteiger partial charge in [-0.3, -0.25) is 0 Å². The maximum Gasteiger partial charge on any atom is 0.0658 e. The van der Waals surface area contributed by atoms with E-state index in [4.69, 9.17) is 0 Å². The van der Waals surface area contributed by atoms with Gasteiger partial charge in [0.2, 0.25) is 0 Å². The van der Waals surface area contributed by atoms with Gasteiger partial charge in [0.25, 0.3) is 0 Å². The molecule has 3 saturated carbocycles. The molecule has 0 amide bonds. The molecule has 0 radical (unpaired) electrons. The number of fused-ring (bicyclic) bond motifs is 5. The van der Waals surface area contributed by atoms with Gasteiger partial charge >= 0.3 is 0 Å². The van der Waals surface area contributed by atoms with Crippen LogP contribution in [-0.2, 0) is 0 Å². The largest absolute Gasteiger partial charge is 0.393 e. The molecule has 0 saturated heterocycles. The summed E-state index contributed by atoms with van der Waals surface area (Å²) in [6, 6.07) is 0. The number of aliphatic hydroxyl groups excluding tert-OH is 2. The average Bonchev–Trinajstić information content (AvgIpc) is 2.85. The van der Waals surface area contributed by atoms with E-state index in [1.54, 1.807) is 5.57 Å². The van der Waals surface area contributed by atoms with Crippen molar-refractivity contribution in [1.29, 1.82) is 0 Å². The maximum absolute atomic E-state index is 10.9. The Morgan fingerprint density at radius 2 is 1.96 bits per heavy atom. The van der Waals surface area contributed by atoms with E-state index < -0.39 is 0 Å². The zero-order valence-corrected chi connectivity index (χ0v) is 14.9. The molecule has 0 aliphatic heterocycles. The van der Waals surface area contributed by atoms with Crippen LogP contribution in [0.5, 0.6) is 0 Å². The van der Waals surface area contributed by atoms with E-state index in [0.717, 1.165) is 18.8 Å². The maximum atomic E-state index is 10.9. The second kappa shape index (κ2) is 5.20. The Morgan fingerprint density at radius 3 is 2.70 bits per heavy atom. The molecule has 0 aromatic heterocycles. The highest BCUT2D eigenvalue weighted by molar-refractivity contribution is 5.30. The van der Waals surface area contributed by atoms with E-state index in [1.165, 1.54) is 31.3 Å². The summed E-state index contributed by atoms with van der Waals surface area (Å²) in [5, 5.41) is 20.9. The first-order valence-electron chi connectivity index (χ1n) is 9.62. The molecule has 2 nitrogen and oxygen atoms in total. The Hall–Kier alpha value is -0.600. The number of allylic oxidation sites excluding steroid dienone is 3. The van der Waals surface area contributed by atoms with Crippen LogP contribution in [-0.4, -0.2) is 22.4 Å². The molecule has 7 atom stereocenters. The van der Waals surface area contributed by atoms with Crippen molar-refractivity contribution >= 4 is 0 Å². The number of rotatable bonds is 0. The van der Waals surface area contributed by atoms with E-state index >= 15 is 0 Å². The van der Waals surface area contributed by atoms with Crippen LogP contribution in [0.25, 0.3) is 0 Å². The highest BCUT2D eigenvalue weighted by Crippen LogP contribution is 2.66. The zero-order valence-electron chi connectivity index (χ0n) is 14.9. The molecule has 2 heteroatoms. The molecular weight excluding hydrogens is 284 g/mol. The van der Waals surface area contributed by atoms with Crippen LogP contribution in [0.3, 0.4) is 0 Å². The smallest absolute Gasteiger partial charge is 0.0658 e. The van der Waals surface area contributed by atoms with E-state index in [2.05, 4.69) is 32.9 Å². The average molecular weight is 316 g/mol. The third kappa shape index (κ3) is 2.00. The first kappa shape index (κ1) is 15.9. The highest BCUT2D eigenvalue weighted by Gasteiger charge is 2.59. The lowest BCUT2D eigenvalue weighted by atomic mass is 9.47. The van der Waals surface area contributed by atoms with Gasteiger partial charge in [-0.05, 0) is 68.6 Å². The molecule has 4 aliphatic rings. The third-order valence-electron chi connectivity index (χ3n) is 8.38. The summed E-state index contributed by atoms with van der Waals surface area (Å²) in [4.78, 5) is 0. The van der Waals surface area contributed by atoms with Gasteiger partial charge in [-0.15, -0.1) is 0 Å². The molecular formula is C21H32O2. The lowest BCUT2D eigenvalue weighted by Gasteiger charge is -2.58. The molecule has 4 rings (SSSR count). The molecule has 0 bridgehead atoms. The molecule has 4 aliphatic carbocycles. The van der Waals surface area contributed by atoms with Crippen LogP contribution in [0.15, 0.2) is 23.3 Å². The molecule has 2 N–H and O–H groups in total. The second-order valence-corrected chi connectivity index (χ2v) is 9.04. The van der Waals surface area contributed by atoms with Crippen molar-refractivity contribution in [3.05, 3.63) is 23.3 Å². The predicted octanol–water partition coefficient (Wildman–Crippen LogP) is 4.23. The van der Waals surface area contributed by atoms with Crippen molar-refractivity contribution < 1.29 is 10.2 Å². The summed E-state index contributed by atoms with van der Waals surface area (Å²) in [5.74, 6) is 2.09. The van der Waals surface area contributed by atoms with Crippen molar-refractivity contribution in [2.45, 2.75) is 77.9 Å². The summed E-state index contributed by atoms with van der Waals surface area (Å²) >= 11 is 0. The van der Waals surface area contributed by atoms with Crippen molar-refractivity contribution in [3.63, 3.8) is 0 Å². The van der Waals surface area contributed by atoms with Gasteiger partial charge in [-0.1, -0.05) is 37.1 Å². The SMILES string of the molecule is CC=C1CC[C@H]2[C@@H]3CC=C4C[C@@H](O)CC(O)[C@]4(C)[C@H]3CC[C@]12C. The van der Waals surface area contributed by atoms with Gasteiger partial charge in [0.1, 0.15) is 0 Å². The predicted molar refractivity (Wildman–Crippen MR) is 92.9 cm³/mol. The Bertz CT molecular complexity index is 562. The van der Waals surface area contributed by atoms with Gasteiger partial charge in [0, 0.05) is 11.8 Å². The Balaban J connectivity index is 1.72. The first-order chi connectivity index (χ1) is 10.9. The number of hydrogen-bond donors (Lipinski definition) is 2. The van der Waals surface area contributed by atoms with E-state index in [-0.39, 0.29) is 17.6 Å². The summed E-state index contributed by atoms with van der Waals surface area (Å²) in [5.41, 5.74) is 3.33. The molecule has 0 heterocycles. The lowest BCUT2D eigenvalue weighted by molar-refractivity contribution is -0.0954. The molecule has 0 aromatic carbocycles. The van der Waals surface area contributed by atoms with Gasteiger partial charge in [-0.2, -0.15) is 0 Å². The summed E-state index contributed by atoms with van der Waals surface area (Å²) < 4.78 is 0. The van der Waals surface area contributed by atoms with Gasteiger partial charge < -0.3 is 10.2 Å². The van der Waals surface area contributed by atoms with Gasteiger partial charge in [-0.25, -0.2) is 0 Å². The van der Waals surface area contributed by atoms with Crippen LogP contribution in [0.2, 0.25) is 0 Å². The van der Waals surface area contributed by atoms with Crippen molar-refractivity contribution in [2.75, 3.05) is 0 Å². The molecule has 23 heavy (non-hydrogen) atoms. The lowest BCUT2D eigenvalue weighted by Crippen LogP contribution is -2.55. The fourth-order valence-electron chi connectivity index (χ4n) is 7.02. The van der Waals surface area contributed by atoms with Crippen molar-refractivity contribution in [2.24, 2.45) is 28.6 Å². The Kier molecular flexibility index (Phi) is 3.59. The number of hydrogen-bond acceptors (Lipinski definition) is 2. The van der Waals surface area contributed by atoms with Crippen LogP contribution in [0, 0.1) is 28.6 Å². The molecule has 128 valence electrons. The quantitative estimate of drug-likeness (QED) is 0.657. The molecule has 0 spiro atoms. The molecule has 1 unspecified atom stereocenters. The summed E-state index contributed by atoms with van der Waals surface area (Å²) in [6.45, 7) is 7.00. The minimum atomic E-state index is -0.378. The highest BCUT2D eigenvalue weighted by atomic mass is 16.3. The van der Waals surface area contributed by atoms with Crippen LogP contribution < -0.4 is 0 Å². The van der Waals surface area contributed by atoms with E-state index in [9.17, 15) is 10.2 Å². The monoisotopic (exact) mass is 316 g/mol. The van der Waals surface area contributed by atoms with Crippen LogP contribution >= 0.6 is 0 Å². The Labute approximate surface area is 140 Å². The van der Waals surface area contributed by atoms with Crippen LogP contribution in [0.1, 0.15) is 65.7 Å². The third-order valence-corrected chi connectivity index (χ3v) is 8.38. The fraction of sp³-hybridized carbons (Fsp3) is 0.810. The van der Waals surface area contributed by atoms with Crippen molar-refractivity contribution in [1.82, 2.24) is 0 Å².